The average molecular weight is 289 g/mol. The van der Waals surface area contributed by atoms with Crippen LogP contribution in [0.3, 0.4) is 0 Å². The summed E-state index contributed by atoms with van der Waals surface area (Å²) < 4.78 is 11.5. The molecule has 0 saturated carbocycles. The molecule has 1 aliphatic rings. The van der Waals surface area contributed by atoms with Crippen molar-refractivity contribution in [1.82, 2.24) is 0 Å². The maximum absolute atomic E-state index is 11.0. The fraction of sp³-hybridized carbons (Fsp3) is 0.188. The summed E-state index contributed by atoms with van der Waals surface area (Å²) in [7, 11) is 0. The van der Waals surface area contributed by atoms with Crippen molar-refractivity contribution in [2.75, 3.05) is 6.61 Å². The molecule has 0 fully saturated rings. The minimum absolute atomic E-state index is 0.0362. The molecule has 102 valence electrons. The number of ether oxygens (including phenoxy) is 2. The van der Waals surface area contributed by atoms with E-state index in [9.17, 15) is 4.79 Å². The Morgan fingerprint density at radius 2 is 2.10 bits per heavy atom. The highest BCUT2D eigenvalue weighted by Crippen LogP contribution is 2.29. The molecule has 0 spiro atoms. The van der Waals surface area contributed by atoms with E-state index < -0.39 is 0 Å². The zero-order valence-corrected chi connectivity index (χ0v) is 11.5. The molecule has 1 aliphatic heterocycles. The summed E-state index contributed by atoms with van der Waals surface area (Å²) >= 11 is 5.96. The van der Waals surface area contributed by atoms with Crippen LogP contribution in [0.4, 0.5) is 0 Å². The van der Waals surface area contributed by atoms with Crippen LogP contribution in [0.25, 0.3) is 0 Å². The molecule has 0 bridgehead atoms. The van der Waals surface area contributed by atoms with Crippen molar-refractivity contribution in [1.29, 1.82) is 0 Å². The van der Waals surface area contributed by atoms with Crippen molar-refractivity contribution in [3.63, 3.8) is 0 Å². The van der Waals surface area contributed by atoms with Gasteiger partial charge in [-0.15, -0.1) is 0 Å². The molecule has 0 saturated heterocycles. The van der Waals surface area contributed by atoms with E-state index in [1.165, 1.54) is 5.56 Å². The van der Waals surface area contributed by atoms with E-state index in [1.807, 2.05) is 24.3 Å². The second-order valence-corrected chi connectivity index (χ2v) is 5.04. The van der Waals surface area contributed by atoms with Crippen LogP contribution in [0, 0.1) is 0 Å². The summed E-state index contributed by atoms with van der Waals surface area (Å²) in [5.74, 6) is 1.40. The molecule has 20 heavy (non-hydrogen) atoms. The van der Waals surface area contributed by atoms with Gasteiger partial charge in [0.15, 0.2) is 6.29 Å². The number of hydrogen-bond acceptors (Lipinski definition) is 3. The molecule has 0 radical (unpaired) electrons. The molecule has 4 heteroatoms. The number of benzene rings is 2. The maximum Gasteiger partial charge on any atom is 0.155 e. The predicted octanol–water partition coefficient (Wildman–Crippen LogP) is 3.54. The van der Waals surface area contributed by atoms with E-state index in [0.29, 0.717) is 29.2 Å². The summed E-state index contributed by atoms with van der Waals surface area (Å²) in [6, 6.07) is 13.1. The second-order valence-electron chi connectivity index (χ2n) is 4.63. The van der Waals surface area contributed by atoms with Gasteiger partial charge >= 0.3 is 0 Å². The third kappa shape index (κ3) is 2.49. The molecule has 2 aromatic rings. The Balaban J connectivity index is 1.67. The van der Waals surface area contributed by atoms with Gasteiger partial charge < -0.3 is 9.47 Å². The normalized spacial score (nSPS) is 16.4. The molecular formula is C16H13ClO3. The van der Waals surface area contributed by atoms with E-state index in [4.69, 9.17) is 21.1 Å². The van der Waals surface area contributed by atoms with Crippen LogP contribution < -0.4 is 9.47 Å². The Kier molecular flexibility index (Phi) is 3.61. The SMILES string of the molecule is O=Cc1c(Cl)cccc1OCC1Cc2ccccc2O1. The number of carbonyl (C=O) groups excluding carboxylic acids is 1. The minimum atomic E-state index is -0.0362. The Labute approximate surface area is 122 Å². The number of halogens is 1. The molecule has 0 aromatic heterocycles. The molecule has 3 nitrogen and oxygen atoms in total. The van der Waals surface area contributed by atoms with Crippen LogP contribution in [0.1, 0.15) is 15.9 Å². The quantitative estimate of drug-likeness (QED) is 0.807. The van der Waals surface area contributed by atoms with Crippen LogP contribution in [0.15, 0.2) is 42.5 Å². The van der Waals surface area contributed by atoms with Gasteiger partial charge in [-0.3, -0.25) is 4.79 Å². The molecule has 1 atom stereocenters. The Hall–Kier alpha value is -2.00. The molecule has 1 unspecified atom stereocenters. The number of fused-ring (bicyclic) bond motifs is 1. The Morgan fingerprint density at radius 3 is 2.90 bits per heavy atom. The van der Waals surface area contributed by atoms with Crippen molar-refractivity contribution < 1.29 is 14.3 Å². The Bertz CT molecular complexity index is 614. The van der Waals surface area contributed by atoms with Crippen LogP contribution in [-0.4, -0.2) is 19.0 Å². The molecule has 3 rings (SSSR count). The molecule has 0 N–H and O–H groups in total. The third-order valence-corrected chi connectivity index (χ3v) is 3.60. The third-order valence-electron chi connectivity index (χ3n) is 3.27. The number of aldehydes is 1. The van der Waals surface area contributed by atoms with Crippen LogP contribution >= 0.6 is 11.6 Å². The standard InChI is InChI=1S/C16H13ClO3/c17-14-5-3-7-16(13(14)9-18)19-10-12-8-11-4-1-2-6-15(11)20-12/h1-7,9,12H,8,10H2. The predicted molar refractivity (Wildman–Crippen MR) is 76.9 cm³/mol. The molecule has 1 heterocycles. The fourth-order valence-electron chi connectivity index (χ4n) is 2.29. The van der Waals surface area contributed by atoms with Gasteiger partial charge in [0.25, 0.3) is 0 Å². The van der Waals surface area contributed by atoms with E-state index >= 15 is 0 Å². The summed E-state index contributed by atoms with van der Waals surface area (Å²) in [6.45, 7) is 0.385. The van der Waals surface area contributed by atoms with E-state index in [1.54, 1.807) is 18.2 Å². The average Bonchev–Trinajstić information content (AvgIpc) is 2.88. The smallest absolute Gasteiger partial charge is 0.155 e. The summed E-state index contributed by atoms with van der Waals surface area (Å²) in [5.41, 5.74) is 1.56. The van der Waals surface area contributed by atoms with Crippen molar-refractivity contribution in [2.45, 2.75) is 12.5 Å². The van der Waals surface area contributed by atoms with Gasteiger partial charge in [0.1, 0.15) is 24.2 Å². The van der Waals surface area contributed by atoms with E-state index in [-0.39, 0.29) is 6.10 Å². The molecular weight excluding hydrogens is 276 g/mol. The van der Waals surface area contributed by atoms with Crippen LogP contribution in [0.2, 0.25) is 5.02 Å². The maximum atomic E-state index is 11.0. The number of hydrogen-bond donors (Lipinski definition) is 0. The number of rotatable bonds is 4. The lowest BCUT2D eigenvalue weighted by Gasteiger charge is -2.14. The van der Waals surface area contributed by atoms with Gasteiger partial charge in [-0.1, -0.05) is 35.9 Å². The lowest BCUT2D eigenvalue weighted by molar-refractivity contribution is 0.111. The highest BCUT2D eigenvalue weighted by Gasteiger charge is 2.23. The highest BCUT2D eigenvalue weighted by molar-refractivity contribution is 6.33. The van der Waals surface area contributed by atoms with Gasteiger partial charge in [0, 0.05) is 6.42 Å². The fourth-order valence-corrected chi connectivity index (χ4v) is 2.50. The first-order valence-electron chi connectivity index (χ1n) is 6.39. The lowest BCUT2D eigenvalue weighted by atomic mass is 10.1. The minimum Gasteiger partial charge on any atom is -0.489 e. The van der Waals surface area contributed by atoms with Gasteiger partial charge in [0.05, 0.1) is 10.6 Å². The van der Waals surface area contributed by atoms with Gasteiger partial charge in [-0.05, 0) is 23.8 Å². The number of carbonyl (C=O) groups is 1. The van der Waals surface area contributed by atoms with Crippen molar-refractivity contribution in [3.05, 3.63) is 58.6 Å². The topological polar surface area (TPSA) is 35.5 Å². The highest BCUT2D eigenvalue weighted by atomic mass is 35.5. The van der Waals surface area contributed by atoms with Crippen molar-refractivity contribution in [2.24, 2.45) is 0 Å². The lowest BCUT2D eigenvalue weighted by Crippen LogP contribution is -2.22. The second kappa shape index (κ2) is 5.55. The monoisotopic (exact) mass is 288 g/mol. The Morgan fingerprint density at radius 1 is 1.25 bits per heavy atom. The molecule has 0 aliphatic carbocycles. The zero-order valence-electron chi connectivity index (χ0n) is 10.7. The summed E-state index contributed by atoms with van der Waals surface area (Å²) in [6.07, 6.45) is 1.49. The molecule has 2 aromatic carbocycles. The van der Waals surface area contributed by atoms with Gasteiger partial charge in [-0.25, -0.2) is 0 Å². The first kappa shape index (κ1) is 13.0. The van der Waals surface area contributed by atoms with Crippen molar-refractivity contribution >= 4 is 17.9 Å². The van der Waals surface area contributed by atoms with Crippen molar-refractivity contribution in [3.8, 4) is 11.5 Å². The van der Waals surface area contributed by atoms with E-state index in [0.717, 1.165) is 12.2 Å². The van der Waals surface area contributed by atoms with Crippen LogP contribution in [-0.2, 0) is 6.42 Å². The molecule has 0 amide bonds. The van der Waals surface area contributed by atoms with Gasteiger partial charge in [0.2, 0.25) is 0 Å². The van der Waals surface area contributed by atoms with Crippen LogP contribution in [0.5, 0.6) is 11.5 Å². The first-order valence-corrected chi connectivity index (χ1v) is 6.77. The zero-order chi connectivity index (χ0) is 13.9. The summed E-state index contributed by atoms with van der Waals surface area (Å²) in [4.78, 5) is 11.0. The first-order chi connectivity index (χ1) is 9.78. The van der Waals surface area contributed by atoms with E-state index in [2.05, 4.69) is 0 Å². The van der Waals surface area contributed by atoms with Gasteiger partial charge in [-0.2, -0.15) is 0 Å². The largest absolute Gasteiger partial charge is 0.489 e. The summed E-state index contributed by atoms with van der Waals surface area (Å²) in [5, 5.41) is 0.396. The number of para-hydroxylation sites is 1.